The summed E-state index contributed by atoms with van der Waals surface area (Å²) < 4.78 is 15.5. The standard InChI is InChI=1S/C26H24FN5/c1-4-19-11-21(7-10-25(19)27)24-15-30-31-16-22(14-29-26(24)31)20-5-8-23(9-6-20)32-17(2)12-28-13-18(32)3/h1,5-11,14-18,28H,12-13H2,2-3H3/t17-,18+. The highest BCUT2D eigenvalue weighted by Crippen LogP contribution is 2.29. The number of terminal acetylenes is 1. The second-order valence-corrected chi connectivity index (χ2v) is 8.32. The molecule has 1 N–H and O–H groups in total. The van der Waals surface area contributed by atoms with Crippen LogP contribution in [0.2, 0.25) is 0 Å². The SMILES string of the molecule is C#Cc1cc(-c2cnn3cc(-c4ccc(N5[C@H](C)CNC[C@@H]5C)cc4)cnc23)ccc1F. The molecule has 3 heterocycles. The number of nitrogens with zero attached hydrogens (tertiary/aromatic N) is 4. The van der Waals surface area contributed by atoms with Crippen molar-refractivity contribution in [1.82, 2.24) is 19.9 Å². The van der Waals surface area contributed by atoms with E-state index < -0.39 is 5.82 Å². The average Bonchev–Trinajstić information content (AvgIpc) is 3.23. The van der Waals surface area contributed by atoms with Crippen LogP contribution in [0.1, 0.15) is 19.4 Å². The maximum absolute atomic E-state index is 13.8. The molecule has 0 saturated carbocycles. The first-order chi connectivity index (χ1) is 15.5. The van der Waals surface area contributed by atoms with E-state index >= 15 is 0 Å². The third-order valence-corrected chi connectivity index (χ3v) is 6.12. The van der Waals surface area contributed by atoms with Gasteiger partial charge in [-0.1, -0.05) is 24.1 Å². The Bertz CT molecular complexity index is 1310. The number of halogens is 1. The molecule has 0 spiro atoms. The fourth-order valence-electron chi connectivity index (χ4n) is 4.50. The summed E-state index contributed by atoms with van der Waals surface area (Å²) in [6.45, 7) is 6.48. The highest BCUT2D eigenvalue weighted by Gasteiger charge is 2.24. The Kier molecular flexibility index (Phi) is 5.12. The van der Waals surface area contributed by atoms with E-state index in [1.54, 1.807) is 22.8 Å². The molecule has 5 nitrogen and oxygen atoms in total. The number of rotatable bonds is 3. The van der Waals surface area contributed by atoms with E-state index in [4.69, 9.17) is 6.42 Å². The number of benzene rings is 2. The van der Waals surface area contributed by atoms with Crippen molar-refractivity contribution < 1.29 is 4.39 Å². The Morgan fingerprint density at radius 1 is 1.00 bits per heavy atom. The molecule has 6 heteroatoms. The van der Waals surface area contributed by atoms with Crippen LogP contribution >= 0.6 is 0 Å². The average molecular weight is 426 g/mol. The zero-order valence-electron chi connectivity index (χ0n) is 18.1. The highest BCUT2D eigenvalue weighted by atomic mass is 19.1. The quantitative estimate of drug-likeness (QED) is 0.495. The number of hydrogen-bond donors (Lipinski definition) is 1. The summed E-state index contributed by atoms with van der Waals surface area (Å²) in [7, 11) is 0. The normalized spacial score (nSPS) is 18.6. The molecule has 1 aliphatic heterocycles. The Labute approximate surface area is 186 Å². The maximum Gasteiger partial charge on any atom is 0.162 e. The van der Waals surface area contributed by atoms with Gasteiger partial charge in [0.25, 0.3) is 0 Å². The fourth-order valence-corrected chi connectivity index (χ4v) is 4.50. The van der Waals surface area contributed by atoms with Gasteiger partial charge in [-0.15, -0.1) is 6.42 Å². The summed E-state index contributed by atoms with van der Waals surface area (Å²) in [5.74, 6) is 1.97. The molecule has 160 valence electrons. The van der Waals surface area contributed by atoms with Gasteiger partial charge in [-0.3, -0.25) is 0 Å². The van der Waals surface area contributed by atoms with E-state index in [0.29, 0.717) is 17.7 Å². The topological polar surface area (TPSA) is 45.5 Å². The second-order valence-electron chi connectivity index (χ2n) is 8.32. The van der Waals surface area contributed by atoms with E-state index in [-0.39, 0.29) is 5.56 Å². The smallest absolute Gasteiger partial charge is 0.162 e. The summed E-state index contributed by atoms with van der Waals surface area (Å²) in [6.07, 6.45) is 10.9. The molecule has 1 fully saturated rings. The van der Waals surface area contributed by atoms with Crippen molar-refractivity contribution in [2.24, 2.45) is 0 Å². The summed E-state index contributed by atoms with van der Waals surface area (Å²) in [5.41, 5.74) is 5.81. The Hall–Kier alpha value is -3.69. The summed E-state index contributed by atoms with van der Waals surface area (Å²) in [6, 6.07) is 14.2. The van der Waals surface area contributed by atoms with Crippen molar-refractivity contribution in [3.05, 3.63) is 72.4 Å². The van der Waals surface area contributed by atoms with Crippen LogP contribution in [-0.4, -0.2) is 39.8 Å². The van der Waals surface area contributed by atoms with Crippen molar-refractivity contribution in [2.45, 2.75) is 25.9 Å². The van der Waals surface area contributed by atoms with Gasteiger partial charge in [0.05, 0.1) is 11.8 Å². The van der Waals surface area contributed by atoms with E-state index in [9.17, 15) is 4.39 Å². The van der Waals surface area contributed by atoms with Crippen LogP contribution < -0.4 is 10.2 Å². The second kappa shape index (κ2) is 8.10. The minimum absolute atomic E-state index is 0.228. The zero-order valence-corrected chi connectivity index (χ0v) is 18.1. The third-order valence-electron chi connectivity index (χ3n) is 6.12. The van der Waals surface area contributed by atoms with Crippen LogP contribution in [0.4, 0.5) is 10.1 Å². The van der Waals surface area contributed by atoms with Crippen LogP contribution in [-0.2, 0) is 0 Å². The first-order valence-corrected chi connectivity index (χ1v) is 10.7. The van der Waals surface area contributed by atoms with Crippen LogP contribution in [0.5, 0.6) is 0 Å². The summed E-state index contributed by atoms with van der Waals surface area (Å²) in [5, 5.41) is 7.94. The van der Waals surface area contributed by atoms with E-state index in [0.717, 1.165) is 35.3 Å². The molecular formula is C26H24FN5. The Morgan fingerprint density at radius 2 is 1.72 bits per heavy atom. The van der Waals surface area contributed by atoms with E-state index in [1.807, 2.05) is 12.4 Å². The Balaban J connectivity index is 1.45. The summed E-state index contributed by atoms with van der Waals surface area (Å²) >= 11 is 0. The van der Waals surface area contributed by atoms with Gasteiger partial charge in [0.15, 0.2) is 5.65 Å². The third kappa shape index (κ3) is 3.51. The van der Waals surface area contributed by atoms with Crippen LogP contribution in [0, 0.1) is 18.2 Å². The summed E-state index contributed by atoms with van der Waals surface area (Å²) in [4.78, 5) is 7.11. The van der Waals surface area contributed by atoms with Crippen molar-refractivity contribution in [3.63, 3.8) is 0 Å². The largest absolute Gasteiger partial charge is 0.364 e. The van der Waals surface area contributed by atoms with Crippen LogP contribution in [0.3, 0.4) is 0 Å². The van der Waals surface area contributed by atoms with Gasteiger partial charge in [0.2, 0.25) is 0 Å². The lowest BCUT2D eigenvalue weighted by molar-refractivity contribution is 0.432. The minimum Gasteiger partial charge on any atom is -0.364 e. The molecule has 1 aliphatic rings. The lowest BCUT2D eigenvalue weighted by Gasteiger charge is -2.41. The zero-order chi connectivity index (χ0) is 22.2. The van der Waals surface area contributed by atoms with Crippen LogP contribution in [0.25, 0.3) is 27.9 Å². The minimum atomic E-state index is -0.406. The molecule has 32 heavy (non-hydrogen) atoms. The first kappa shape index (κ1) is 20.2. The molecule has 2 aromatic carbocycles. The van der Waals surface area contributed by atoms with Gasteiger partial charge in [-0.2, -0.15) is 5.10 Å². The van der Waals surface area contributed by atoms with Gasteiger partial charge in [-0.05, 0) is 49.2 Å². The number of hydrogen-bond acceptors (Lipinski definition) is 4. The van der Waals surface area contributed by atoms with Crippen molar-refractivity contribution in [3.8, 4) is 34.6 Å². The molecule has 0 radical (unpaired) electrons. The van der Waals surface area contributed by atoms with E-state index in [1.165, 1.54) is 11.8 Å². The lowest BCUT2D eigenvalue weighted by Crippen LogP contribution is -2.55. The molecule has 1 saturated heterocycles. The number of anilines is 1. The molecular weight excluding hydrogens is 401 g/mol. The molecule has 2 atom stereocenters. The van der Waals surface area contributed by atoms with Crippen LogP contribution in [0.15, 0.2) is 61.1 Å². The molecule has 0 bridgehead atoms. The number of piperazine rings is 1. The highest BCUT2D eigenvalue weighted by molar-refractivity contribution is 5.78. The first-order valence-electron chi connectivity index (χ1n) is 10.7. The Morgan fingerprint density at radius 3 is 2.44 bits per heavy atom. The molecule has 0 unspecified atom stereocenters. The number of aromatic nitrogens is 3. The fraction of sp³-hybridized carbons (Fsp3) is 0.231. The predicted octanol–water partition coefficient (Wildman–Crippen LogP) is 4.37. The molecule has 5 rings (SSSR count). The monoisotopic (exact) mass is 425 g/mol. The molecule has 0 amide bonds. The number of fused-ring (bicyclic) bond motifs is 1. The van der Waals surface area contributed by atoms with E-state index in [2.05, 4.69) is 64.3 Å². The lowest BCUT2D eigenvalue weighted by atomic mass is 10.0. The van der Waals surface area contributed by atoms with Crippen molar-refractivity contribution in [2.75, 3.05) is 18.0 Å². The maximum atomic E-state index is 13.8. The van der Waals surface area contributed by atoms with Gasteiger partial charge < -0.3 is 10.2 Å². The molecule has 2 aromatic heterocycles. The van der Waals surface area contributed by atoms with Gasteiger partial charge in [-0.25, -0.2) is 13.9 Å². The number of nitrogens with one attached hydrogen (secondary N) is 1. The predicted molar refractivity (Wildman–Crippen MR) is 126 cm³/mol. The molecule has 0 aliphatic carbocycles. The van der Waals surface area contributed by atoms with Crippen molar-refractivity contribution in [1.29, 1.82) is 0 Å². The molecule has 4 aromatic rings. The van der Waals surface area contributed by atoms with Crippen molar-refractivity contribution >= 4 is 11.3 Å². The van der Waals surface area contributed by atoms with Gasteiger partial charge in [0, 0.05) is 54.4 Å². The van der Waals surface area contributed by atoms with Gasteiger partial charge >= 0.3 is 0 Å². The van der Waals surface area contributed by atoms with Gasteiger partial charge in [0.1, 0.15) is 5.82 Å².